The first-order valence-corrected chi connectivity index (χ1v) is 16.2. The van der Waals surface area contributed by atoms with E-state index in [-0.39, 0.29) is 11.7 Å². The van der Waals surface area contributed by atoms with Crippen LogP contribution < -0.4 is 10.2 Å². The Morgan fingerprint density at radius 1 is 1.13 bits per heavy atom. The van der Waals surface area contributed by atoms with Crippen molar-refractivity contribution < 1.29 is 13.2 Å². The number of aromatic nitrogens is 1. The van der Waals surface area contributed by atoms with Gasteiger partial charge in [0.05, 0.1) is 5.75 Å². The molecule has 0 radical (unpaired) electrons. The number of benzene rings is 1. The van der Waals surface area contributed by atoms with Crippen molar-refractivity contribution in [3.05, 3.63) is 40.4 Å². The van der Waals surface area contributed by atoms with E-state index in [1.165, 1.54) is 12.8 Å². The Kier molecular flexibility index (Phi) is 7.68. The van der Waals surface area contributed by atoms with E-state index in [0.29, 0.717) is 38.3 Å². The molecule has 38 heavy (non-hydrogen) atoms. The fourth-order valence-corrected chi connectivity index (χ4v) is 8.24. The quantitative estimate of drug-likeness (QED) is 0.537. The summed E-state index contributed by atoms with van der Waals surface area (Å²) in [5, 5.41) is 5.94. The van der Waals surface area contributed by atoms with Gasteiger partial charge in [-0.2, -0.15) is 0 Å². The molecule has 2 fully saturated rings. The highest BCUT2D eigenvalue weighted by Gasteiger charge is 2.48. The third-order valence-corrected chi connectivity index (χ3v) is 11.4. The van der Waals surface area contributed by atoms with Crippen molar-refractivity contribution in [3.8, 4) is 0 Å². The molecule has 1 N–H and O–H groups in total. The molecule has 1 aliphatic carbocycles. The van der Waals surface area contributed by atoms with Crippen molar-refractivity contribution in [3.63, 3.8) is 0 Å². The summed E-state index contributed by atoms with van der Waals surface area (Å²) in [5.41, 5.74) is 3.48. The third-order valence-electron chi connectivity index (χ3n) is 8.73. The summed E-state index contributed by atoms with van der Waals surface area (Å²) in [6, 6.07) is 4.20. The Labute approximate surface area is 230 Å². The summed E-state index contributed by atoms with van der Waals surface area (Å²) in [7, 11) is -1.45. The van der Waals surface area contributed by atoms with E-state index in [4.69, 9.17) is 4.99 Å². The topological polar surface area (TPSA) is 95.0 Å². The molecule has 0 atom stereocenters. The minimum Gasteiger partial charge on any atom is -0.321 e. The number of thiazole rings is 1. The molecule has 10 heteroatoms. The van der Waals surface area contributed by atoms with Gasteiger partial charge in [0.15, 0.2) is 5.13 Å². The smallest absolute Gasteiger partial charge is 0.253 e. The van der Waals surface area contributed by atoms with E-state index in [9.17, 15) is 13.2 Å². The Hall–Kier alpha value is -2.30. The highest BCUT2D eigenvalue weighted by atomic mass is 32.2. The second-order valence-corrected chi connectivity index (χ2v) is 14.3. The molecule has 1 aromatic heterocycles. The zero-order chi connectivity index (χ0) is 27.1. The van der Waals surface area contributed by atoms with Gasteiger partial charge in [0.2, 0.25) is 10.0 Å². The second-order valence-electron chi connectivity index (χ2n) is 11.3. The minimum atomic E-state index is -3.45. The van der Waals surface area contributed by atoms with Gasteiger partial charge in [-0.3, -0.25) is 9.79 Å². The van der Waals surface area contributed by atoms with E-state index in [1.807, 2.05) is 26.3 Å². The van der Waals surface area contributed by atoms with Crippen LogP contribution in [-0.2, 0) is 21.2 Å². The first-order valence-electron chi connectivity index (χ1n) is 13.7. The highest BCUT2D eigenvalue weighted by Crippen LogP contribution is 2.36. The van der Waals surface area contributed by atoms with E-state index >= 15 is 0 Å². The molecule has 1 aromatic carbocycles. The fourth-order valence-electron chi connectivity index (χ4n) is 6.15. The predicted octanol–water partition coefficient (Wildman–Crippen LogP) is 4.59. The van der Waals surface area contributed by atoms with E-state index in [0.717, 1.165) is 52.1 Å². The number of sulfonamides is 1. The van der Waals surface area contributed by atoms with Crippen LogP contribution in [0.1, 0.15) is 62.1 Å². The monoisotopic (exact) mass is 557 g/mol. The Balaban J connectivity index is 1.21. The first kappa shape index (κ1) is 27.3. The molecule has 1 spiro atoms. The van der Waals surface area contributed by atoms with Crippen molar-refractivity contribution >= 4 is 43.9 Å². The molecule has 3 aliphatic rings. The van der Waals surface area contributed by atoms with E-state index in [1.54, 1.807) is 21.8 Å². The van der Waals surface area contributed by atoms with Gasteiger partial charge in [-0.05, 0) is 80.7 Å². The van der Waals surface area contributed by atoms with Crippen LogP contribution in [0.4, 0.5) is 10.8 Å². The van der Waals surface area contributed by atoms with Crippen molar-refractivity contribution in [2.45, 2.75) is 71.3 Å². The van der Waals surface area contributed by atoms with E-state index < -0.39 is 15.6 Å². The summed E-state index contributed by atoms with van der Waals surface area (Å²) in [5.74, 6) is 1.92. The lowest BCUT2D eigenvalue weighted by Gasteiger charge is -2.34. The molecular formula is C28H39N5O3S2. The van der Waals surface area contributed by atoms with Crippen molar-refractivity contribution in [2.24, 2.45) is 16.8 Å². The number of amidine groups is 1. The molecule has 5 rings (SSSR count). The molecule has 1 amide bonds. The van der Waals surface area contributed by atoms with E-state index in [2.05, 4.69) is 34.3 Å². The second kappa shape index (κ2) is 10.7. The number of hydrogen-bond donors (Lipinski definition) is 1. The SMILES string of the molecule is Cc1cc(N(C)c2nccs2)cc(C)c1CCS(=O)(=O)N1CCC2(CC1)N=C([C@H]1CC[C@H](C)CC1)NC2=O. The predicted molar refractivity (Wildman–Crippen MR) is 154 cm³/mol. The summed E-state index contributed by atoms with van der Waals surface area (Å²) in [4.78, 5) is 24.3. The van der Waals surface area contributed by atoms with Gasteiger partial charge in [-0.15, -0.1) is 11.3 Å². The number of nitrogens with zero attached hydrogens (tertiary/aromatic N) is 4. The molecule has 206 valence electrons. The molecule has 3 heterocycles. The van der Waals surface area contributed by atoms with Crippen LogP contribution in [0.3, 0.4) is 0 Å². The number of aliphatic imine (C=N–C) groups is 1. The van der Waals surface area contributed by atoms with Crippen LogP contribution in [0.2, 0.25) is 0 Å². The standard InChI is InChI=1S/C28H39N5O3S2/c1-19-5-7-22(8-6-19)25-30-26(34)28(31-25)10-13-33(14-11-28)38(35,36)16-9-24-20(2)17-23(18-21(24)3)32(4)27-29-12-15-37-27/h12,15,17-19,22H,5-11,13-14,16H2,1-4H3,(H,30,31,34)/t19-,22-. The number of piperidine rings is 1. The van der Waals surface area contributed by atoms with Crippen molar-refractivity contribution in [1.29, 1.82) is 0 Å². The van der Waals surface area contributed by atoms with Crippen LogP contribution >= 0.6 is 11.3 Å². The molecule has 1 saturated heterocycles. The number of nitrogens with one attached hydrogen (secondary N) is 1. The van der Waals surface area contributed by atoms with Crippen LogP contribution in [0.15, 0.2) is 28.7 Å². The molecule has 0 bridgehead atoms. The maximum atomic E-state index is 13.3. The average Bonchev–Trinajstić information content (AvgIpc) is 3.53. The highest BCUT2D eigenvalue weighted by molar-refractivity contribution is 7.89. The van der Waals surface area contributed by atoms with Gasteiger partial charge < -0.3 is 10.2 Å². The molecule has 2 aliphatic heterocycles. The number of rotatable bonds is 7. The number of amides is 1. The molecule has 8 nitrogen and oxygen atoms in total. The normalized spacial score (nSPS) is 23.9. The van der Waals surface area contributed by atoms with Crippen LogP contribution in [0, 0.1) is 25.7 Å². The maximum Gasteiger partial charge on any atom is 0.253 e. The van der Waals surface area contributed by atoms with Gasteiger partial charge in [-0.25, -0.2) is 17.7 Å². The number of carbonyl (C=O) groups is 1. The van der Waals surface area contributed by atoms with Crippen molar-refractivity contribution in [1.82, 2.24) is 14.6 Å². The van der Waals surface area contributed by atoms with Gasteiger partial charge in [0.25, 0.3) is 5.91 Å². The molecule has 2 aromatic rings. The lowest BCUT2D eigenvalue weighted by atomic mass is 9.82. The van der Waals surface area contributed by atoms with Gasteiger partial charge in [0.1, 0.15) is 11.4 Å². The number of hydrogen-bond acceptors (Lipinski definition) is 7. The molecule has 0 unspecified atom stereocenters. The number of aryl methyl sites for hydroxylation is 2. The van der Waals surface area contributed by atoms with Gasteiger partial charge >= 0.3 is 0 Å². The zero-order valence-corrected chi connectivity index (χ0v) is 24.5. The first-order chi connectivity index (χ1) is 18.1. The zero-order valence-electron chi connectivity index (χ0n) is 22.9. The Bertz CT molecular complexity index is 1280. The lowest BCUT2D eigenvalue weighted by molar-refractivity contribution is -0.125. The van der Waals surface area contributed by atoms with Gasteiger partial charge in [0, 0.05) is 43.3 Å². The fraction of sp³-hybridized carbons (Fsp3) is 0.607. The summed E-state index contributed by atoms with van der Waals surface area (Å²) >= 11 is 1.58. The number of carbonyl (C=O) groups excluding carboxylic acids is 1. The Morgan fingerprint density at radius 3 is 2.39 bits per heavy atom. The average molecular weight is 558 g/mol. The Morgan fingerprint density at radius 2 is 1.79 bits per heavy atom. The summed E-state index contributed by atoms with van der Waals surface area (Å²) in [6.45, 7) is 7.04. The third kappa shape index (κ3) is 5.40. The van der Waals surface area contributed by atoms with Crippen molar-refractivity contribution in [2.75, 3.05) is 30.8 Å². The van der Waals surface area contributed by atoms with Crippen LogP contribution in [0.25, 0.3) is 0 Å². The van der Waals surface area contributed by atoms with Crippen LogP contribution in [-0.4, -0.2) is 60.9 Å². The lowest BCUT2D eigenvalue weighted by Crippen LogP contribution is -2.51. The largest absolute Gasteiger partial charge is 0.321 e. The maximum absolute atomic E-state index is 13.3. The number of anilines is 2. The van der Waals surface area contributed by atoms with Gasteiger partial charge in [-0.1, -0.05) is 19.8 Å². The summed E-state index contributed by atoms with van der Waals surface area (Å²) in [6.07, 6.45) is 7.62. The molecule has 1 saturated carbocycles. The summed E-state index contributed by atoms with van der Waals surface area (Å²) < 4.78 is 28.2. The molecular weight excluding hydrogens is 518 g/mol. The minimum absolute atomic E-state index is 0.0442. The van der Waals surface area contributed by atoms with Crippen LogP contribution in [0.5, 0.6) is 0 Å².